The van der Waals surface area contributed by atoms with Crippen LogP contribution >= 0.6 is 0 Å². The Bertz CT molecular complexity index is 1210. The van der Waals surface area contributed by atoms with Gasteiger partial charge in [0.25, 0.3) is 0 Å². The highest BCUT2D eigenvalue weighted by atomic mass is 19.4. The third-order valence-electron chi connectivity index (χ3n) is 5.71. The van der Waals surface area contributed by atoms with Crippen molar-refractivity contribution in [1.82, 2.24) is 0 Å². The second-order valence-corrected chi connectivity index (χ2v) is 8.43. The fourth-order valence-corrected chi connectivity index (χ4v) is 3.75. The monoisotopic (exact) mass is 520 g/mol. The Morgan fingerprint density at radius 3 is 2.43 bits per heavy atom. The molecular formula is C28H28F4O5. The maximum absolute atomic E-state index is 14.6. The van der Waals surface area contributed by atoms with E-state index < -0.39 is 30.3 Å². The van der Waals surface area contributed by atoms with E-state index in [0.717, 1.165) is 12.8 Å². The molecule has 1 unspecified atom stereocenters. The van der Waals surface area contributed by atoms with Gasteiger partial charge in [-0.1, -0.05) is 37.6 Å². The maximum Gasteiger partial charge on any atom is 0.396 e. The third kappa shape index (κ3) is 7.62. The van der Waals surface area contributed by atoms with Gasteiger partial charge in [-0.25, -0.2) is 4.39 Å². The highest BCUT2D eigenvalue weighted by molar-refractivity contribution is 5.72. The molecule has 0 saturated carbocycles. The van der Waals surface area contributed by atoms with Gasteiger partial charge in [-0.15, -0.1) is 0 Å². The molecule has 0 fully saturated rings. The molecule has 0 aliphatic heterocycles. The number of hydrogen-bond acceptors (Lipinski definition) is 4. The molecule has 0 aromatic heterocycles. The fraction of sp³-hybridized carbons (Fsp3) is 0.321. The van der Waals surface area contributed by atoms with Gasteiger partial charge in [0.05, 0.1) is 26.1 Å². The lowest BCUT2D eigenvalue weighted by Gasteiger charge is -2.19. The van der Waals surface area contributed by atoms with Crippen LogP contribution in [0.1, 0.15) is 43.2 Å². The normalized spacial score (nSPS) is 12.2. The highest BCUT2D eigenvalue weighted by Crippen LogP contribution is 2.39. The van der Waals surface area contributed by atoms with Gasteiger partial charge in [0.2, 0.25) is 0 Å². The van der Waals surface area contributed by atoms with Gasteiger partial charge in [0, 0.05) is 11.1 Å². The zero-order valence-electron chi connectivity index (χ0n) is 20.5. The Hall–Kier alpha value is -3.75. The van der Waals surface area contributed by atoms with E-state index in [2.05, 4.69) is 0 Å². The summed E-state index contributed by atoms with van der Waals surface area (Å²) in [7, 11) is 1.49. The molecule has 0 spiro atoms. The average Bonchev–Trinajstić information content (AvgIpc) is 2.86. The number of benzene rings is 3. The number of ether oxygens (including phenoxy) is 3. The maximum atomic E-state index is 14.6. The summed E-state index contributed by atoms with van der Waals surface area (Å²) in [5.74, 6) is -3.05. The van der Waals surface area contributed by atoms with Crippen LogP contribution in [-0.4, -0.2) is 31.0 Å². The zero-order valence-corrected chi connectivity index (χ0v) is 20.5. The van der Waals surface area contributed by atoms with Crippen LogP contribution in [0, 0.1) is 5.82 Å². The van der Waals surface area contributed by atoms with E-state index in [0.29, 0.717) is 34.8 Å². The van der Waals surface area contributed by atoms with Crippen LogP contribution in [0.25, 0.3) is 11.1 Å². The van der Waals surface area contributed by atoms with Crippen molar-refractivity contribution >= 4 is 5.97 Å². The molecule has 0 radical (unpaired) electrons. The summed E-state index contributed by atoms with van der Waals surface area (Å²) in [5, 5.41) is 8.91. The number of carboxylic acids is 1. The number of carboxylic acid groups (broad SMARTS) is 1. The Balaban J connectivity index is 1.85. The van der Waals surface area contributed by atoms with Crippen LogP contribution < -0.4 is 14.2 Å². The molecule has 5 nitrogen and oxygen atoms in total. The van der Waals surface area contributed by atoms with E-state index in [9.17, 15) is 22.4 Å². The third-order valence-corrected chi connectivity index (χ3v) is 5.71. The van der Waals surface area contributed by atoms with E-state index in [1.54, 1.807) is 24.3 Å². The van der Waals surface area contributed by atoms with Gasteiger partial charge in [0.1, 0.15) is 29.7 Å². The molecule has 0 bridgehead atoms. The topological polar surface area (TPSA) is 65.0 Å². The van der Waals surface area contributed by atoms with Crippen molar-refractivity contribution in [3.63, 3.8) is 0 Å². The minimum Gasteiger partial charge on any atom is -0.497 e. The zero-order chi connectivity index (χ0) is 27.0. The molecule has 37 heavy (non-hydrogen) atoms. The fourth-order valence-electron chi connectivity index (χ4n) is 3.75. The van der Waals surface area contributed by atoms with Gasteiger partial charge in [-0.3, -0.25) is 4.79 Å². The first-order valence-corrected chi connectivity index (χ1v) is 11.7. The molecule has 3 rings (SSSR count). The smallest absolute Gasteiger partial charge is 0.396 e. The molecule has 1 N–H and O–H groups in total. The number of methoxy groups -OCH3 is 1. The second-order valence-electron chi connectivity index (χ2n) is 8.43. The lowest BCUT2D eigenvalue weighted by molar-refractivity contribution is -0.163. The molecule has 0 saturated heterocycles. The lowest BCUT2D eigenvalue weighted by Crippen LogP contribution is -2.23. The van der Waals surface area contributed by atoms with E-state index in [-0.39, 0.29) is 17.9 Å². The summed E-state index contributed by atoms with van der Waals surface area (Å²) in [4.78, 5) is 11.0. The molecule has 0 aliphatic carbocycles. The Morgan fingerprint density at radius 1 is 0.973 bits per heavy atom. The molecule has 0 heterocycles. The summed E-state index contributed by atoms with van der Waals surface area (Å²) in [6.07, 6.45) is -4.09. The number of halogens is 4. The quantitative estimate of drug-likeness (QED) is 0.199. The molecular weight excluding hydrogens is 492 g/mol. The van der Waals surface area contributed by atoms with Crippen molar-refractivity contribution < 1.29 is 41.7 Å². The number of carbonyl (C=O) groups is 1. The minimum atomic E-state index is -4.72. The predicted octanol–water partition coefficient (Wildman–Crippen LogP) is 7.38. The van der Waals surface area contributed by atoms with Gasteiger partial charge in [0.15, 0.2) is 0 Å². The van der Waals surface area contributed by atoms with Crippen LogP contribution in [0.5, 0.6) is 17.2 Å². The standard InChI is InChI=1S/C28H28F4O5/c1-3-4-12-36-26-13-18(8-10-22(26)23-15-20(35-2)9-11-25(23)29)17-37-21-7-5-6-19(14-21)24(16-27(33)34)28(30,31)32/h5-11,13-15,24H,3-4,12,16-17H2,1-2H3,(H,33,34). The number of hydrogen-bond donors (Lipinski definition) is 1. The van der Waals surface area contributed by atoms with Crippen molar-refractivity contribution in [2.24, 2.45) is 0 Å². The van der Waals surface area contributed by atoms with E-state index in [1.807, 2.05) is 6.92 Å². The van der Waals surface area contributed by atoms with Crippen LogP contribution in [0.2, 0.25) is 0 Å². The number of alkyl halides is 3. The molecule has 0 amide bonds. The average molecular weight is 521 g/mol. The molecule has 3 aromatic rings. The van der Waals surface area contributed by atoms with E-state index in [1.165, 1.54) is 43.5 Å². The van der Waals surface area contributed by atoms with Crippen molar-refractivity contribution in [2.45, 2.75) is 44.9 Å². The summed E-state index contributed by atoms with van der Waals surface area (Å²) >= 11 is 0. The van der Waals surface area contributed by atoms with Gasteiger partial charge in [-0.05, 0) is 53.9 Å². The van der Waals surface area contributed by atoms with Crippen molar-refractivity contribution in [3.8, 4) is 28.4 Å². The second kappa shape index (κ2) is 12.5. The predicted molar refractivity (Wildman–Crippen MR) is 131 cm³/mol. The SMILES string of the molecule is CCCCOc1cc(COc2cccc(C(CC(=O)O)C(F)(F)F)c2)ccc1-c1cc(OC)ccc1F. The molecule has 9 heteroatoms. The number of unbranched alkanes of at least 4 members (excludes halogenated alkanes) is 1. The van der Waals surface area contributed by atoms with Crippen molar-refractivity contribution in [2.75, 3.05) is 13.7 Å². The Kier molecular flexibility index (Phi) is 9.38. The summed E-state index contributed by atoms with van der Waals surface area (Å²) in [6, 6.07) is 14.8. The summed E-state index contributed by atoms with van der Waals surface area (Å²) in [5.41, 5.74) is 1.30. The van der Waals surface area contributed by atoms with Crippen LogP contribution in [0.3, 0.4) is 0 Å². The van der Waals surface area contributed by atoms with Gasteiger partial charge in [-0.2, -0.15) is 13.2 Å². The van der Waals surface area contributed by atoms with Crippen LogP contribution in [0.4, 0.5) is 17.6 Å². The highest BCUT2D eigenvalue weighted by Gasteiger charge is 2.42. The van der Waals surface area contributed by atoms with Crippen LogP contribution in [-0.2, 0) is 11.4 Å². The van der Waals surface area contributed by atoms with E-state index >= 15 is 0 Å². The van der Waals surface area contributed by atoms with Crippen LogP contribution in [0.15, 0.2) is 60.7 Å². The molecule has 198 valence electrons. The Labute approximate surface area is 212 Å². The van der Waals surface area contributed by atoms with Gasteiger partial charge >= 0.3 is 12.1 Å². The first-order chi connectivity index (χ1) is 17.6. The molecule has 3 aromatic carbocycles. The van der Waals surface area contributed by atoms with Crippen molar-refractivity contribution in [1.29, 1.82) is 0 Å². The summed E-state index contributed by atoms with van der Waals surface area (Å²) < 4.78 is 71.8. The largest absolute Gasteiger partial charge is 0.497 e. The molecule has 1 atom stereocenters. The molecule has 0 aliphatic rings. The summed E-state index contributed by atoms with van der Waals surface area (Å²) in [6.45, 7) is 2.44. The number of aliphatic carboxylic acids is 1. The first kappa shape index (κ1) is 27.8. The van der Waals surface area contributed by atoms with E-state index in [4.69, 9.17) is 19.3 Å². The first-order valence-electron chi connectivity index (χ1n) is 11.7. The lowest BCUT2D eigenvalue weighted by atomic mass is 9.95. The van der Waals surface area contributed by atoms with Gasteiger partial charge < -0.3 is 19.3 Å². The van der Waals surface area contributed by atoms with Crippen molar-refractivity contribution in [3.05, 3.63) is 77.6 Å². The minimum absolute atomic E-state index is 0.00405. The Morgan fingerprint density at radius 2 is 1.76 bits per heavy atom. The number of rotatable bonds is 12.